The summed E-state index contributed by atoms with van der Waals surface area (Å²) in [4.78, 5) is -0.209. The number of phenolic OH excluding ortho intramolecular Hbond substituents is 1. The molecule has 1 aromatic rings. The second-order valence-electron chi connectivity index (χ2n) is 7.47. The zero-order chi connectivity index (χ0) is 20.0. The number of aromatic hydroxyl groups is 1. The molecule has 1 N–H and O–H groups in total. The summed E-state index contributed by atoms with van der Waals surface area (Å²) in [5.74, 6) is 0.228. The Morgan fingerprint density at radius 2 is 1.88 bits per heavy atom. The fourth-order valence-electron chi connectivity index (χ4n) is 2.77. The Bertz CT molecular complexity index is 799. The number of aryl methyl sites for hydroxylation is 1. The molecule has 0 spiro atoms. The number of unbranched alkanes of at least 4 members (excludes halogenated alkanes) is 3. The van der Waals surface area contributed by atoms with Crippen LogP contribution in [-0.2, 0) is 15.3 Å². The predicted octanol–water partition coefficient (Wildman–Crippen LogP) is 5.25. The monoisotopic (exact) mass is 377 g/mol. The van der Waals surface area contributed by atoms with E-state index in [4.69, 9.17) is 0 Å². The molecule has 0 bridgehead atoms. The topological polar surface area (TPSA) is 78.2 Å². The minimum absolute atomic E-state index is 0.00321. The molecule has 0 unspecified atom stereocenters. The average Bonchev–Trinajstić information content (AvgIpc) is 2.59. The minimum Gasteiger partial charge on any atom is -0.507 e. The molecule has 0 aliphatic carbocycles. The summed E-state index contributed by atoms with van der Waals surface area (Å²) >= 11 is 0. The minimum atomic E-state index is -3.59. The highest BCUT2D eigenvalue weighted by molar-refractivity contribution is 7.95. The quantitative estimate of drug-likeness (QED) is 0.471. The molecule has 1 rings (SSSR count). The molecule has 0 aliphatic heterocycles. The van der Waals surface area contributed by atoms with Crippen LogP contribution in [0.4, 0.5) is 0 Å². The van der Waals surface area contributed by atoms with E-state index in [1.54, 1.807) is 19.1 Å². The second-order valence-corrected chi connectivity index (χ2v) is 9.55. The van der Waals surface area contributed by atoms with Crippen molar-refractivity contribution in [3.8, 4) is 11.8 Å². The van der Waals surface area contributed by atoms with Gasteiger partial charge < -0.3 is 5.11 Å². The van der Waals surface area contributed by atoms with Gasteiger partial charge in [-0.3, -0.25) is 0 Å². The van der Waals surface area contributed by atoms with Crippen LogP contribution in [0.1, 0.15) is 76.5 Å². The van der Waals surface area contributed by atoms with Crippen LogP contribution >= 0.6 is 0 Å². The van der Waals surface area contributed by atoms with Gasteiger partial charge in [0.2, 0.25) is 0 Å². The number of benzene rings is 1. The largest absolute Gasteiger partial charge is 0.507 e. The van der Waals surface area contributed by atoms with Crippen LogP contribution in [-0.4, -0.2) is 19.3 Å². The van der Waals surface area contributed by atoms with E-state index in [1.807, 2.05) is 26.8 Å². The van der Waals surface area contributed by atoms with Gasteiger partial charge in [0.1, 0.15) is 16.7 Å². The van der Waals surface area contributed by atoms with Gasteiger partial charge in [0.25, 0.3) is 0 Å². The normalized spacial score (nSPS) is 12.8. The molecule has 4 nitrogen and oxygen atoms in total. The smallest absolute Gasteiger partial charge is 0.188 e. The van der Waals surface area contributed by atoms with Gasteiger partial charge in [-0.2, -0.15) is 5.26 Å². The SMILES string of the molecule is CCCCCCS(=O)(=O)/C(C#N)=C/c1cc(C)c(O)c(C(C)(C)CC)c1. The molecule has 0 radical (unpaired) electrons. The first-order valence-electron chi connectivity index (χ1n) is 9.27. The summed E-state index contributed by atoms with van der Waals surface area (Å²) in [6.07, 6.45) is 5.70. The van der Waals surface area contributed by atoms with Gasteiger partial charge in [-0.05, 0) is 54.5 Å². The number of allylic oxidation sites excluding steroid dienone is 1. The Balaban J connectivity index is 3.27. The third kappa shape index (κ3) is 5.60. The van der Waals surface area contributed by atoms with Gasteiger partial charge in [-0.1, -0.05) is 47.0 Å². The molecule has 5 heteroatoms. The number of nitriles is 1. The lowest BCUT2D eigenvalue weighted by atomic mass is 9.80. The second kappa shape index (κ2) is 9.23. The van der Waals surface area contributed by atoms with Crippen LogP contribution in [0.15, 0.2) is 17.0 Å². The number of sulfone groups is 1. The molecule has 0 fully saturated rings. The molecule has 0 aromatic heterocycles. The van der Waals surface area contributed by atoms with E-state index in [1.165, 1.54) is 6.08 Å². The van der Waals surface area contributed by atoms with Crippen LogP contribution in [0.5, 0.6) is 5.75 Å². The summed E-state index contributed by atoms with van der Waals surface area (Å²) in [5.41, 5.74) is 1.83. The summed E-state index contributed by atoms with van der Waals surface area (Å²) < 4.78 is 25.0. The highest BCUT2D eigenvalue weighted by atomic mass is 32.2. The maximum atomic E-state index is 12.5. The van der Waals surface area contributed by atoms with Crippen LogP contribution < -0.4 is 0 Å². The van der Waals surface area contributed by atoms with Crippen molar-refractivity contribution >= 4 is 15.9 Å². The van der Waals surface area contributed by atoms with Crippen LogP contribution in [0, 0.1) is 18.3 Å². The molecular formula is C21H31NO3S. The van der Waals surface area contributed by atoms with E-state index in [0.717, 1.165) is 31.2 Å². The first-order valence-corrected chi connectivity index (χ1v) is 10.9. The van der Waals surface area contributed by atoms with Crippen LogP contribution in [0.3, 0.4) is 0 Å². The summed E-state index contributed by atoms with van der Waals surface area (Å²) in [7, 11) is -3.59. The van der Waals surface area contributed by atoms with E-state index in [9.17, 15) is 18.8 Å². The van der Waals surface area contributed by atoms with E-state index in [-0.39, 0.29) is 21.8 Å². The van der Waals surface area contributed by atoms with Crippen LogP contribution in [0.25, 0.3) is 6.08 Å². The Morgan fingerprint density at radius 1 is 1.23 bits per heavy atom. The molecule has 0 amide bonds. The Hall–Kier alpha value is -1.80. The Labute approximate surface area is 158 Å². The molecule has 0 atom stereocenters. The van der Waals surface area contributed by atoms with Crippen molar-refractivity contribution in [2.45, 2.75) is 72.1 Å². The maximum Gasteiger partial charge on any atom is 0.188 e. The number of nitrogens with zero attached hydrogens (tertiary/aromatic N) is 1. The van der Waals surface area contributed by atoms with E-state index < -0.39 is 9.84 Å². The first kappa shape index (κ1) is 22.2. The highest BCUT2D eigenvalue weighted by Gasteiger charge is 2.24. The lowest BCUT2D eigenvalue weighted by Gasteiger charge is -2.25. The summed E-state index contributed by atoms with van der Waals surface area (Å²) in [6, 6.07) is 5.35. The fraction of sp³-hybridized carbons (Fsp3) is 0.571. The number of hydrogen-bond donors (Lipinski definition) is 1. The van der Waals surface area contributed by atoms with Gasteiger partial charge in [-0.15, -0.1) is 0 Å². The lowest BCUT2D eigenvalue weighted by molar-refractivity contribution is 0.425. The average molecular weight is 378 g/mol. The van der Waals surface area contributed by atoms with Crippen molar-refractivity contribution in [2.24, 2.45) is 0 Å². The van der Waals surface area contributed by atoms with E-state index in [2.05, 4.69) is 6.92 Å². The number of phenols is 1. The Kier molecular flexibility index (Phi) is 7.89. The Morgan fingerprint density at radius 3 is 2.42 bits per heavy atom. The van der Waals surface area contributed by atoms with Crippen molar-refractivity contribution in [3.05, 3.63) is 33.7 Å². The van der Waals surface area contributed by atoms with Crippen molar-refractivity contribution in [2.75, 3.05) is 5.75 Å². The third-order valence-electron chi connectivity index (χ3n) is 4.95. The zero-order valence-corrected chi connectivity index (χ0v) is 17.4. The summed E-state index contributed by atoms with van der Waals surface area (Å²) in [5, 5.41) is 19.8. The molecule has 144 valence electrons. The molecule has 0 aliphatic rings. The molecule has 0 heterocycles. The van der Waals surface area contributed by atoms with E-state index in [0.29, 0.717) is 17.5 Å². The third-order valence-corrected chi connectivity index (χ3v) is 6.65. The summed E-state index contributed by atoms with van der Waals surface area (Å²) in [6.45, 7) is 9.96. The van der Waals surface area contributed by atoms with Crippen molar-refractivity contribution < 1.29 is 13.5 Å². The maximum absolute atomic E-state index is 12.5. The predicted molar refractivity (Wildman–Crippen MR) is 108 cm³/mol. The standard InChI is InChI=1S/C21H31NO3S/c1-6-8-9-10-11-26(24,25)18(15-22)13-17-12-16(3)20(23)19(14-17)21(4,5)7-2/h12-14,23H,6-11H2,1-5H3/b18-13+. The lowest BCUT2D eigenvalue weighted by Crippen LogP contribution is -2.16. The van der Waals surface area contributed by atoms with Crippen molar-refractivity contribution in [1.82, 2.24) is 0 Å². The van der Waals surface area contributed by atoms with Crippen molar-refractivity contribution in [3.63, 3.8) is 0 Å². The van der Waals surface area contributed by atoms with Crippen LogP contribution in [0.2, 0.25) is 0 Å². The number of rotatable bonds is 9. The first-order chi connectivity index (χ1) is 12.1. The van der Waals surface area contributed by atoms with E-state index >= 15 is 0 Å². The van der Waals surface area contributed by atoms with Crippen molar-refractivity contribution in [1.29, 1.82) is 5.26 Å². The molecular weight excluding hydrogens is 346 g/mol. The van der Waals surface area contributed by atoms with Gasteiger partial charge in [0.05, 0.1) is 5.75 Å². The van der Waals surface area contributed by atoms with Gasteiger partial charge in [0.15, 0.2) is 9.84 Å². The fourth-order valence-corrected chi connectivity index (χ4v) is 4.03. The van der Waals surface area contributed by atoms with Gasteiger partial charge >= 0.3 is 0 Å². The highest BCUT2D eigenvalue weighted by Crippen LogP contribution is 2.37. The molecule has 1 aromatic carbocycles. The zero-order valence-electron chi connectivity index (χ0n) is 16.6. The molecule has 26 heavy (non-hydrogen) atoms. The number of hydrogen-bond acceptors (Lipinski definition) is 4. The van der Waals surface area contributed by atoms with Gasteiger partial charge in [0, 0.05) is 5.56 Å². The van der Waals surface area contributed by atoms with Gasteiger partial charge in [-0.25, -0.2) is 8.42 Å². The molecule has 0 saturated carbocycles. The molecule has 0 saturated heterocycles.